The van der Waals surface area contributed by atoms with Crippen molar-refractivity contribution in [3.63, 3.8) is 0 Å². The molecule has 0 radical (unpaired) electrons. The monoisotopic (exact) mass is 182 g/mol. The first-order valence-electron chi connectivity index (χ1n) is 4.36. The topological polar surface area (TPSA) is 55.1 Å². The van der Waals surface area contributed by atoms with E-state index < -0.39 is 5.97 Å². The lowest BCUT2D eigenvalue weighted by Crippen LogP contribution is -2.04. The van der Waals surface area contributed by atoms with Crippen LogP contribution in [0.25, 0.3) is 0 Å². The number of hydrogen-bond donors (Lipinski definition) is 1. The lowest BCUT2D eigenvalue weighted by molar-refractivity contribution is 0.0689. The van der Waals surface area contributed by atoms with Crippen LogP contribution in [0.4, 0.5) is 0 Å². The van der Waals surface area contributed by atoms with Crippen LogP contribution in [-0.4, -0.2) is 20.9 Å². The third-order valence-corrected chi connectivity index (χ3v) is 1.80. The highest BCUT2D eigenvalue weighted by Gasteiger charge is 2.06. The van der Waals surface area contributed by atoms with Crippen molar-refractivity contribution in [2.24, 2.45) is 5.92 Å². The molecule has 0 amide bonds. The Kier molecular flexibility index (Phi) is 3.06. The van der Waals surface area contributed by atoms with Crippen molar-refractivity contribution < 1.29 is 9.90 Å². The summed E-state index contributed by atoms with van der Waals surface area (Å²) in [5, 5.41) is 12.5. The first-order chi connectivity index (χ1) is 6.09. The largest absolute Gasteiger partial charge is 0.476 e. The van der Waals surface area contributed by atoms with E-state index in [0.29, 0.717) is 5.92 Å². The number of carboxylic acids is 1. The number of carboxylic acid groups (broad SMARTS) is 1. The van der Waals surface area contributed by atoms with Crippen molar-refractivity contribution in [3.05, 3.63) is 18.0 Å². The number of hydrogen-bond acceptors (Lipinski definition) is 2. The maximum Gasteiger partial charge on any atom is 0.356 e. The van der Waals surface area contributed by atoms with Gasteiger partial charge in [-0.15, -0.1) is 0 Å². The summed E-state index contributed by atoms with van der Waals surface area (Å²) in [6.45, 7) is 5.04. The number of rotatable bonds is 4. The third kappa shape index (κ3) is 2.89. The second kappa shape index (κ2) is 4.07. The first kappa shape index (κ1) is 9.77. The Morgan fingerprint density at radius 3 is 2.85 bits per heavy atom. The fourth-order valence-corrected chi connectivity index (χ4v) is 0.991. The zero-order valence-electron chi connectivity index (χ0n) is 7.90. The summed E-state index contributed by atoms with van der Waals surface area (Å²) >= 11 is 0. The van der Waals surface area contributed by atoms with E-state index in [1.807, 2.05) is 0 Å². The molecule has 0 aliphatic heterocycles. The van der Waals surface area contributed by atoms with Gasteiger partial charge in [-0.3, -0.25) is 4.68 Å². The molecular weight excluding hydrogens is 168 g/mol. The number of carbonyl (C=O) groups is 1. The van der Waals surface area contributed by atoms with E-state index in [9.17, 15) is 4.79 Å². The lowest BCUT2D eigenvalue weighted by Gasteiger charge is -2.03. The van der Waals surface area contributed by atoms with Crippen molar-refractivity contribution >= 4 is 5.97 Å². The molecular formula is C9H14N2O2. The van der Waals surface area contributed by atoms with Gasteiger partial charge in [0.05, 0.1) is 0 Å². The highest BCUT2D eigenvalue weighted by molar-refractivity contribution is 5.84. The maximum absolute atomic E-state index is 10.5. The molecule has 0 fully saturated rings. The van der Waals surface area contributed by atoms with Crippen molar-refractivity contribution in [2.75, 3.05) is 0 Å². The minimum absolute atomic E-state index is 0.115. The Hall–Kier alpha value is -1.32. The molecule has 0 saturated carbocycles. The second-order valence-electron chi connectivity index (χ2n) is 3.45. The zero-order chi connectivity index (χ0) is 9.84. The van der Waals surface area contributed by atoms with Crippen LogP contribution >= 0.6 is 0 Å². The Morgan fingerprint density at radius 2 is 2.38 bits per heavy atom. The summed E-state index contributed by atoms with van der Waals surface area (Å²) in [5.41, 5.74) is 0.115. The minimum Gasteiger partial charge on any atom is -0.476 e. The second-order valence-corrected chi connectivity index (χ2v) is 3.45. The molecule has 0 saturated heterocycles. The predicted octanol–water partition coefficient (Wildman–Crippen LogP) is 1.63. The van der Waals surface area contributed by atoms with Crippen LogP contribution in [0, 0.1) is 5.92 Å². The van der Waals surface area contributed by atoms with Gasteiger partial charge in [-0.05, 0) is 18.4 Å². The van der Waals surface area contributed by atoms with Gasteiger partial charge in [0.25, 0.3) is 0 Å². The van der Waals surface area contributed by atoms with Gasteiger partial charge < -0.3 is 5.11 Å². The average Bonchev–Trinajstić information content (AvgIpc) is 2.48. The van der Waals surface area contributed by atoms with Crippen LogP contribution in [0.1, 0.15) is 30.8 Å². The summed E-state index contributed by atoms with van der Waals surface area (Å²) in [5.74, 6) is -0.360. The standard InChI is InChI=1S/C9H14N2O2/c1-7(2)3-5-11-6-4-8(10-11)9(12)13/h4,6-7H,3,5H2,1-2H3,(H,12,13). The SMILES string of the molecule is CC(C)CCn1ccc(C(=O)O)n1. The van der Waals surface area contributed by atoms with Gasteiger partial charge in [-0.25, -0.2) is 4.79 Å². The van der Waals surface area contributed by atoms with E-state index in [2.05, 4.69) is 18.9 Å². The fourth-order valence-electron chi connectivity index (χ4n) is 0.991. The van der Waals surface area contributed by atoms with Gasteiger partial charge in [0.15, 0.2) is 5.69 Å². The fraction of sp³-hybridized carbons (Fsp3) is 0.556. The molecule has 0 atom stereocenters. The molecule has 1 N–H and O–H groups in total. The molecule has 1 aromatic rings. The number of nitrogens with zero attached hydrogens (tertiary/aromatic N) is 2. The molecule has 1 rings (SSSR count). The molecule has 0 aromatic carbocycles. The molecule has 72 valence electrons. The zero-order valence-corrected chi connectivity index (χ0v) is 7.90. The van der Waals surface area contributed by atoms with Gasteiger partial charge in [0.1, 0.15) is 0 Å². The van der Waals surface area contributed by atoms with Crippen LogP contribution in [0.2, 0.25) is 0 Å². The number of aryl methyl sites for hydroxylation is 1. The van der Waals surface area contributed by atoms with Gasteiger partial charge in [-0.1, -0.05) is 13.8 Å². The van der Waals surface area contributed by atoms with E-state index >= 15 is 0 Å². The minimum atomic E-state index is -0.969. The summed E-state index contributed by atoms with van der Waals surface area (Å²) in [6.07, 6.45) is 2.71. The van der Waals surface area contributed by atoms with Gasteiger partial charge in [0, 0.05) is 12.7 Å². The Bertz CT molecular complexity index is 292. The molecule has 1 heterocycles. The van der Waals surface area contributed by atoms with Crippen LogP contribution in [0.5, 0.6) is 0 Å². The smallest absolute Gasteiger partial charge is 0.356 e. The highest BCUT2D eigenvalue weighted by Crippen LogP contribution is 2.03. The van der Waals surface area contributed by atoms with Crippen LogP contribution in [0.15, 0.2) is 12.3 Å². The third-order valence-electron chi connectivity index (χ3n) is 1.80. The van der Waals surface area contributed by atoms with Crippen molar-refractivity contribution in [3.8, 4) is 0 Å². The molecule has 0 aliphatic carbocycles. The molecule has 4 nitrogen and oxygen atoms in total. The van der Waals surface area contributed by atoms with Crippen molar-refractivity contribution in [1.29, 1.82) is 0 Å². The van der Waals surface area contributed by atoms with E-state index in [1.165, 1.54) is 6.07 Å². The lowest BCUT2D eigenvalue weighted by atomic mass is 10.1. The van der Waals surface area contributed by atoms with E-state index in [-0.39, 0.29) is 5.69 Å². The predicted molar refractivity (Wildman–Crippen MR) is 48.6 cm³/mol. The molecule has 0 bridgehead atoms. The van der Waals surface area contributed by atoms with E-state index in [1.54, 1.807) is 10.9 Å². The summed E-state index contributed by atoms with van der Waals surface area (Å²) in [6, 6.07) is 1.52. The Labute approximate surface area is 77.2 Å². The molecule has 0 spiro atoms. The summed E-state index contributed by atoms with van der Waals surface area (Å²) < 4.78 is 1.67. The molecule has 0 aliphatic rings. The van der Waals surface area contributed by atoms with Crippen LogP contribution < -0.4 is 0 Å². The van der Waals surface area contributed by atoms with E-state index in [0.717, 1.165) is 13.0 Å². The quantitative estimate of drug-likeness (QED) is 0.769. The highest BCUT2D eigenvalue weighted by atomic mass is 16.4. The van der Waals surface area contributed by atoms with Gasteiger partial charge in [-0.2, -0.15) is 5.10 Å². The van der Waals surface area contributed by atoms with Gasteiger partial charge in [0.2, 0.25) is 0 Å². The number of aromatic carboxylic acids is 1. The summed E-state index contributed by atoms with van der Waals surface area (Å²) in [4.78, 5) is 10.5. The number of aromatic nitrogens is 2. The maximum atomic E-state index is 10.5. The van der Waals surface area contributed by atoms with Crippen molar-refractivity contribution in [2.45, 2.75) is 26.8 Å². The molecule has 0 unspecified atom stereocenters. The normalized spacial score (nSPS) is 10.7. The Morgan fingerprint density at radius 1 is 1.69 bits per heavy atom. The average molecular weight is 182 g/mol. The summed E-state index contributed by atoms with van der Waals surface area (Å²) in [7, 11) is 0. The van der Waals surface area contributed by atoms with Crippen molar-refractivity contribution in [1.82, 2.24) is 9.78 Å². The molecule has 1 aromatic heterocycles. The van der Waals surface area contributed by atoms with Gasteiger partial charge >= 0.3 is 5.97 Å². The van der Waals surface area contributed by atoms with E-state index in [4.69, 9.17) is 5.11 Å². The van der Waals surface area contributed by atoms with Crippen LogP contribution in [0.3, 0.4) is 0 Å². The first-order valence-corrected chi connectivity index (χ1v) is 4.36. The molecule has 4 heteroatoms. The van der Waals surface area contributed by atoms with Crippen LogP contribution in [-0.2, 0) is 6.54 Å². The molecule has 13 heavy (non-hydrogen) atoms. The Balaban J connectivity index is 2.54.